The quantitative estimate of drug-likeness (QED) is 0.632. The molecule has 0 aliphatic heterocycles. The van der Waals surface area contributed by atoms with E-state index in [0.29, 0.717) is 30.3 Å². The third kappa shape index (κ3) is 6.73. The molecule has 1 amide bonds. The topological polar surface area (TPSA) is 75.7 Å². The molecule has 0 spiro atoms. The molecule has 152 valence electrons. The molecule has 0 aromatic heterocycles. The predicted molar refractivity (Wildman–Crippen MR) is 112 cm³/mol. The number of halogens is 1. The van der Waals surface area contributed by atoms with Crippen molar-refractivity contribution >= 4 is 33.2 Å². The second kappa shape index (κ2) is 10.3. The monoisotopic (exact) mass is 424 g/mol. The van der Waals surface area contributed by atoms with Gasteiger partial charge in [0.25, 0.3) is 0 Å². The minimum atomic E-state index is -3.45. The van der Waals surface area contributed by atoms with E-state index in [1.54, 1.807) is 24.3 Å². The summed E-state index contributed by atoms with van der Waals surface area (Å²) >= 11 is 5.86. The second-order valence-electron chi connectivity index (χ2n) is 6.23. The Morgan fingerprint density at radius 2 is 1.82 bits per heavy atom. The fraction of sp³-hybridized carbons (Fsp3) is 0.350. The first-order valence-corrected chi connectivity index (χ1v) is 11.2. The zero-order chi connectivity index (χ0) is 20.6. The molecule has 0 saturated heterocycles. The highest BCUT2D eigenvalue weighted by Gasteiger charge is 2.17. The van der Waals surface area contributed by atoms with Gasteiger partial charge in [-0.3, -0.25) is 9.10 Å². The van der Waals surface area contributed by atoms with E-state index in [9.17, 15) is 13.2 Å². The maximum Gasteiger partial charge on any atom is 0.232 e. The molecule has 2 aromatic rings. The summed E-state index contributed by atoms with van der Waals surface area (Å²) in [6.45, 7) is 3.03. The molecule has 0 atom stereocenters. The predicted octanol–water partition coefficient (Wildman–Crippen LogP) is 3.60. The lowest BCUT2D eigenvalue weighted by Crippen LogP contribution is -2.32. The number of hydrogen-bond acceptors (Lipinski definition) is 4. The Morgan fingerprint density at radius 1 is 1.14 bits per heavy atom. The summed E-state index contributed by atoms with van der Waals surface area (Å²) in [4.78, 5) is 12.2. The molecule has 0 radical (unpaired) electrons. The van der Waals surface area contributed by atoms with E-state index in [0.717, 1.165) is 17.6 Å². The highest BCUT2D eigenvalue weighted by molar-refractivity contribution is 7.92. The van der Waals surface area contributed by atoms with Gasteiger partial charge < -0.3 is 10.1 Å². The maximum atomic E-state index is 12.2. The third-order valence-corrected chi connectivity index (χ3v) is 5.47. The van der Waals surface area contributed by atoms with Crippen LogP contribution in [0.1, 0.15) is 25.3 Å². The Morgan fingerprint density at radius 3 is 2.46 bits per heavy atom. The van der Waals surface area contributed by atoms with Crippen LogP contribution in [0.2, 0.25) is 5.02 Å². The molecular formula is C20H25ClN2O4S. The molecule has 0 heterocycles. The second-order valence-corrected chi connectivity index (χ2v) is 8.58. The average Bonchev–Trinajstić information content (AvgIpc) is 2.65. The molecule has 0 saturated carbocycles. The van der Waals surface area contributed by atoms with Crippen LogP contribution in [0.5, 0.6) is 5.75 Å². The Hall–Kier alpha value is -2.25. The van der Waals surface area contributed by atoms with Gasteiger partial charge in [-0.2, -0.15) is 0 Å². The van der Waals surface area contributed by atoms with Gasteiger partial charge in [0.1, 0.15) is 5.75 Å². The molecule has 8 heteroatoms. The smallest absolute Gasteiger partial charge is 0.232 e. The van der Waals surface area contributed by atoms with Gasteiger partial charge in [0.15, 0.2) is 0 Å². The van der Waals surface area contributed by atoms with Gasteiger partial charge >= 0.3 is 0 Å². The summed E-state index contributed by atoms with van der Waals surface area (Å²) < 4.78 is 31.0. The van der Waals surface area contributed by atoms with E-state index in [1.165, 1.54) is 4.31 Å². The van der Waals surface area contributed by atoms with E-state index in [4.69, 9.17) is 16.3 Å². The molecule has 0 aliphatic carbocycles. The van der Waals surface area contributed by atoms with Crippen LogP contribution in [0, 0.1) is 0 Å². The van der Waals surface area contributed by atoms with Gasteiger partial charge in [0, 0.05) is 30.1 Å². The molecule has 0 bridgehead atoms. The summed E-state index contributed by atoms with van der Waals surface area (Å²) in [6.07, 6.45) is 1.76. The fourth-order valence-corrected chi connectivity index (χ4v) is 3.80. The van der Waals surface area contributed by atoms with Gasteiger partial charge in [-0.05, 0) is 43.7 Å². The fourth-order valence-electron chi connectivity index (χ4n) is 2.71. The lowest BCUT2D eigenvalue weighted by atomic mass is 10.2. The molecule has 2 aromatic carbocycles. The first-order chi connectivity index (χ1) is 13.3. The van der Waals surface area contributed by atoms with E-state index in [2.05, 4.69) is 5.32 Å². The molecule has 0 unspecified atom stereocenters. The van der Waals surface area contributed by atoms with Gasteiger partial charge in [-0.1, -0.05) is 29.8 Å². The van der Waals surface area contributed by atoms with Crippen molar-refractivity contribution < 1.29 is 17.9 Å². The molecule has 0 fully saturated rings. The number of hydrogen-bond donors (Lipinski definition) is 1. The van der Waals surface area contributed by atoms with Crippen molar-refractivity contribution in [1.82, 2.24) is 5.32 Å². The third-order valence-electron chi connectivity index (χ3n) is 4.03. The number of sulfonamides is 1. The van der Waals surface area contributed by atoms with Crippen molar-refractivity contribution in [2.24, 2.45) is 0 Å². The van der Waals surface area contributed by atoms with Crippen molar-refractivity contribution in [3.63, 3.8) is 0 Å². The highest BCUT2D eigenvalue weighted by atomic mass is 35.5. The molecule has 6 nitrogen and oxygen atoms in total. The van der Waals surface area contributed by atoms with E-state index in [-0.39, 0.29) is 18.9 Å². The Bertz CT molecular complexity index is 885. The molecular weight excluding hydrogens is 400 g/mol. The van der Waals surface area contributed by atoms with Gasteiger partial charge in [0.05, 0.1) is 18.6 Å². The summed E-state index contributed by atoms with van der Waals surface area (Å²) in [5, 5.41) is 3.38. The number of carbonyl (C=O) groups is 1. The van der Waals surface area contributed by atoms with Crippen LogP contribution in [0.25, 0.3) is 0 Å². The van der Waals surface area contributed by atoms with Crippen LogP contribution in [-0.2, 0) is 21.4 Å². The summed E-state index contributed by atoms with van der Waals surface area (Å²) in [5.41, 5.74) is 1.43. The minimum absolute atomic E-state index is 0.143. The molecule has 0 aliphatic rings. The van der Waals surface area contributed by atoms with Crippen LogP contribution in [0.3, 0.4) is 0 Å². The number of anilines is 1. The van der Waals surface area contributed by atoms with Crippen molar-refractivity contribution in [3.8, 4) is 5.75 Å². The normalized spacial score (nSPS) is 11.1. The van der Waals surface area contributed by atoms with E-state index < -0.39 is 10.0 Å². The van der Waals surface area contributed by atoms with Crippen LogP contribution in [0.4, 0.5) is 5.69 Å². The Kier molecular flexibility index (Phi) is 8.14. The van der Waals surface area contributed by atoms with Crippen molar-refractivity contribution in [1.29, 1.82) is 0 Å². The lowest BCUT2D eigenvalue weighted by Gasteiger charge is -2.22. The number of nitrogens with zero attached hydrogens (tertiary/aromatic N) is 1. The number of benzene rings is 2. The van der Waals surface area contributed by atoms with E-state index >= 15 is 0 Å². The number of nitrogens with one attached hydrogen (secondary N) is 1. The van der Waals surface area contributed by atoms with Crippen LogP contribution < -0.4 is 14.4 Å². The number of ether oxygens (including phenoxy) is 1. The van der Waals surface area contributed by atoms with E-state index in [1.807, 2.05) is 31.2 Å². The largest absolute Gasteiger partial charge is 0.494 e. The standard InChI is InChI=1S/C20H25ClN2O4S/c1-3-27-19-8-5-4-7-16(19)15-22-20(24)9-6-14-23(28(2,25)26)18-12-10-17(21)11-13-18/h4-5,7-8,10-13H,3,6,9,14-15H2,1-2H3,(H,22,24). The van der Waals surface area contributed by atoms with Crippen molar-refractivity contribution in [2.45, 2.75) is 26.3 Å². The first-order valence-electron chi connectivity index (χ1n) is 9.02. The Balaban J connectivity index is 1.88. The molecule has 28 heavy (non-hydrogen) atoms. The number of rotatable bonds is 10. The number of amides is 1. The van der Waals surface area contributed by atoms with Gasteiger partial charge in [-0.15, -0.1) is 0 Å². The highest BCUT2D eigenvalue weighted by Crippen LogP contribution is 2.21. The zero-order valence-corrected chi connectivity index (χ0v) is 17.6. The van der Waals surface area contributed by atoms with Gasteiger partial charge in [0.2, 0.25) is 15.9 Å². The number of carbonyl (C=O) groups excluding carboxylic acids is 1. The molecule has 1 N–H and O–H groups in total. The lowest BCUT2D eigenvalue weighted by molar-refractivity contribution is -0.121. The van der Waals surface area contributed by atoms with Crippen molar-refractivity contribution in [3.05, 3.63) is 59.1 Å². The summed E-state index contributed by atoms with van der Waals surface area (Å²) in [7, 11) is -3.45. The Labute approximate surface area is 171 Å². The summed E-state index contributed by atoms with van der Waals surface area (Å²) in [5.74, 6) is 0.604. The summed E-state index contributed by atoms with van der Waals surface area (Å²) in [6, 6.07) is 14.1. The van der Waals surface area contributed by atoms with Crippen LogP contribution in [-0.4, -0.2) is 33.7 Å². The van der Waals surface area contributed by atoms with Crippen molar-refractivity contribution in [2.75, 3.05) is 23.7 Å². The van der Waals surface area contributed by atoms with Crippen LogP contribution >= 0.6 is 11.6 Å². The zero-order valence-electron chi connectivity index (χ0n) is 16.0. The SMILES string of the molecule is CCOc1ccccc1CNC(=O)CCCN(c1ccc(Cl)cc1)S(C)(=O)=O. The maximum absolute atomic E-state index is 12.2. The minimum Gasteiger partial charge on any atom is -0.494 e. The molecule has 2 rings (SSSR count). The average molecular weight is 425 g/mol. The number of para-hydroxylation sites is 1. The van der Waals surface area contributed by atoms with Gasteiger partial charge in [-0.25, -0.2) is 8.42 Å². The first kappa shape index (κ1) is 22.0. The van der Waals surface area contributed by atoms with Crippen LogP contribution in [0.15, 0.2) is 48.5 Å².